The normalized spacial score (nSPS) is 13.8. The lowest BCUT2D eigenvalue weighted by atomic mass is 10.2. The Hall–Kier alpha value is -1.84. The van der Waals surface area contributed by atoms with Crippen molar-refractivity contribution in [3.63, 3.8) is 0 Å². The topological polar surface area (TPSA) is 44.9 Å². The number of aromatic nitrogens is 1. The molecule has 3 rings (SSSR count). The Kier molecular flexibility index (Phi) is 4.42. The van der Waals surface area contributed by atoms with E-state index in [2.05, 4.69) is 10.3 Å². The van der Waals surface area contributed by atoms with E-state index >= 15 is 0 Å². The molecule has 0 unspecified atom stereocenters. The summed E-state index contributed by atoms with van der Waals surface area (Å²) in [6.45, 7) is 6.22. The maximum Gasteiger partial charge on any atom is 0.223 e. The smallest absolute Gasteiger partial charge is 0.223 e. The van der Waals surface area contributed by atoms with Crippen LogP contribution in [0.3, 0.4) is 0 Å². The lowest BCUT2D eigenvalue weighted by Gasteiger charge is -2.01. The predicted molar refractivity (Wildman–Crippen MR) is 78.9 cm³/mol. The van der Waals surface area contributed by atoms with Gasteiger partial charge >= 0.3 is 0 Å². The zero-order valence-electron chi connectivity index (χ0n) is 12.2. The van der Waals surface area contributed by atoms with Crippen molar-refractivity contribution in [2.24, 2.45) is 5.92 Å². The predicted octanol–water partition coefficient (Wildman–Crippen LogP) is 3.67. The van der Waals surface area contributed by atoms with Crippen LogP contribution in [0.1, 0.15) is 37.9 Å². The molecule has 0 radical (unpaired) electrons. The summed E-state index contributed by atoms with van der Waals surface area (Å²) < 4.78 is 13.4. The van der Waals surface area contributed by atoms with Crippen LogP contribution in [-0.4, -0.2) is 10.9 Å². The summed E-state index contributed by atoms with van der Waals surface area (Å²) in [5.74, 6) is 0.139. The number of amides is 1. The van der Waals surface area contributed by atoms with Gasteiger partial charge in [0.25, 0.3) is 0 Å². The lowest BCUT2D eigenvalue weighted by molar-refractivity contribution is -0.122. The summed E-state index contributed by atoms with van der Waals surface area (Å²) in [6.07, 6.45) is 2.01. The molecule has 0 atom stereocenters. The first-order valence-corrected chi connectivity index (χ1v) is 7.19. The second-order valence-electron chi connectivity index (χ2n) is 4.98. The molecule has 1 aromatic heterocycles. The Morgan fingerprint density at radius 2 is 2.05 bits per heavy atom. The van der Waals surface area contributed by atoms with Crippen molar-refractivity contribution in [3.8, 4) is 0 Å². The molecule has 1 amide bonds. The van der Waals surface area contributed by atoms with E-state index in [0.29, 0.717) is 12.1 Å². The molecule has 1 aliphatic rings. The molecule has 0 bridgehead atoms. The molecule has 0 saturated heterocycles. The first-order chi connectivity index (χ1) is 9.63. The van der Waals surface area contributed by atoms with Crippen LogP contribution in [0.4, 0.5) is 4.39 Å². The number of hydrogen-bond acceptors (Lipinski definition) is 1. The highest BCUT2D eigenvalue weighted by Gasteiger charge is 2.29. The van der Waals surface area contributed by atoms with Crippen molar-refractivity contribution in [1.29, 1.82) is 0 Å². The Morgan fingerprint density at radius 3 is 2.70 bits per heavy atom. The van der Waals surface area contributed by atoms with Gasteiger partial charge in [0.15, 0.2) is 0 Å². The molecule has 1 aliphatic carbocycles. The van der Waals surface area contributed by atoms with Gasteiger partial charge in [-0.1, -0.05) is 13.8 Å². The third-order valence-corrected chi connectivity index (χ3v) is 3.36. The van der Waals surface area contributed by atoms with Gasteiger partial charge in [0.05, 0.1) is 6.54 Å². The third kappa shape index (κ3) is 3.18. The van der Waals surface area contributed by atoms with E-state index in [4.69, 9.17) is 0 Å². The molecule has 1 fully saturated rings. The monoisotopic (exact) mass is 276 g/mol. The SMILES string of the molecule is CC.Cc1cc2[nH]c(CNC(=O)C3CC3)cc2cc1F. The minimum atomic E-state index is -0.199. The van der Waals surface area contributed by atoms with E-state index < -0.39 is 0 Å². The second kappa shape index (κ2) is 6.07. The van der Waals surface area contributed by atoms with Crippen LogP contribution >= 0.6 is 0 Å². The van der Waals surface area contributed by atoms with Crippen molar-refractivity contribution >= 4 is 16.8 Å². The summed E-state index contributed by atoms with van der Waals surface area (Å²) in [4.78, 5) is 14.7. The Balaban J connectivity index is 0.000000704. The number of benzene rings is 1. The summed E-state index contributed by atoms with van der Waals surface area (Å²) in [5.41, 5.74) is 2.44. The van der Waals surface area contributed by atoms with E-state index in [1.807, 2.05) is 19.9 Å². The number of carbonyl (C=O) groups is 1. The fourth-order valence-corrected chi connectivity index (χ4v) is 2.09. The molecule has 0 aliphatic heterocycles. The van der Waals surface area contributed by atoms with Gasteiger partial charge in [-0.3, -0.25) is 4.79 Å². The minimum Gasteiger partial charge on any atom is -0.357 e. The molecule has 108 valence electrons. The van der Waals surface area contributed by atoms with Crippen LogP contribution in [0.15, 0.2) is 18.2 Å². The van der Waals surface area contributed by atoms with Crippen molar-refractivity contribution in [1.82, 2.24) is 10.3 Å². The van der Waals surface area contributed by atoms with Crippen LogP contribution in [0.5, 0.6) is 0 Å². The minimum absolute atomic E-state index is 0.121. The Labute approximate surface area is 118 Å². The first kappa shape index (κ1) is 14.6. The molecular formula is C16H21FN2O. The van der Waals surface area contributed by atoms with Gasteiger partial charge in [0.2, 0.25) is 5.91 Å². The summed E-state index contributed by atoms with van der Waals surface area (Å²) in [5, 5.41) is 3.73. The standard InChI is InChI=1S/C14H15FN2O.C2H6/c1-8-4-13-10(6-12(8)15)5-11(17-13)7-16-14(18)9-2-3-9;1-2/h4-6,9,17H,2-3,7H2,1H3,(H,16,18);1-2H3. The summed E-state index contributed by atoms with van der Waals surface area (Å²) in [7, 11) is 0. The van der Waals surface area contributed by atoms with Gasteiger partial charge in [-0.2, -0.15) is 0 Å². The van der Waals surface area contributed by atoms with Crippen molar-refractivity contribution in [3.05, 3.63) is 35.3 Å². The van der Waals surface area contributed by atoms with Gasteiger partial charge in [-0.25, -0.2) is 4.39 Å². The molecule has 3 nitrogen and oxygen atoms in total. The molecule has 0 spiro atoms. The number of aryl methyl sites for hydroxylation is 1. The highest BCUT2D eigenvalue weighted by atomic mass is 19.1. The Morgan fingerprint density at radius 1 is 1.35 bits per heavy atom. The fourth-order valence-electron chi connectivity index (χ4n) is 2.09. The van der Waals surface area contributed by atoms with Crippen LogP contribution in [0.2, 0.25) is 0 Å². The number of H-pyrrole nitrogens is 1. The fraction of sp³-hybridized carbons (Fsp3) is 0.438. The van der Waals surface area contributed by atoms with E-state index in [9.17, 15) is 9.18 Å². The van der Waals surface area contributed by atoms with E-state index in [0.717, 1.165) is 29.4 Å². The maximum absolute atomic E-state index is 13.4. The Bertz CT molecular complexity index is 575. The summed E-state index contributed by atoms with van der Waals surface area (Å²) in [6, 6.07) is 5.19. The first-order valence-electron chi connectivity index (χ1n) is 7.19. The molecule has 2 aromatic rings. The van der Waals surface area contributed by atoms with Crippen molar-refractivity contribution in [2.45, 2.75) is 40.2 Å². The molecular weight excluding hydrogens is 255 g/mol. The van der Waals surface area contributed by atoms with Gasteiger partial charge in [0.1, 0.15) is 5.82 Å². The van der Waals surface area contributed by atoms with E-state index in [1.165, 1.54) is 6.07 Å². The number of nitrogens with one attached hydrogen (secondary N) is 2. The highest BCUT2D eigenvalue weighted by molar-refractivity contribution is 5.82. The number of rotatable bonds is 3. The molecule has 1 saturated carbocycles. The zero-order chi connectivity index (χ0) is 14.7. The maximum atomic E-state index is 13.4. The second-order valence-corrected chi connectivity index (χ2v) is 4.98. The molecule has 2 N–H and O–H groups in total. The van der Waals surface area contributed by atoms with Crippen LogP contribution in [0, 0.1) is 18.7 Å². The number of halogens is 1. The average molecular weight is 276 g/mol. The van der Waals surface area contributed by atoms with E-state index in [1.54, 1.807) is 13.0 Å². The van der Waals surface area contributed by atoms with E-state index in [-0.39, 0.29) is 17.6 Å². The quantitative estimate of drug-likeness (QED) is 0.882. The number of hydrogen-bond donors (Lipinski definition) is 2. The number of aromatic amines is 1. The molecule has 1 aromatic carbocycles. The van der Waals surface area contributed by atoms with Gasteiger partial charge < -0.3 is 10.3 Å². The van der Waals surface area contributed by atoms with Crippen molar-refractivity contribution in [2.75, 3.05) is 0 Å². The van der Waals surface area contributed by atoms with Crippen LogP contribution in [0.25, 0.3) is 10.9 Å². The lowest BCUT2D eigenvalue weighted by Crippen LogP contribution is -2.24. The zero-order valence-corrected chi connectivity index (χ0v) is 12.2. The molecule has 1 heterocycles. The largest absolute Gasteiger partial charge is 0.357 e. The van der Waals surface area contributed by atoms with Crippen LogP contribution in [-0.2, 0) is 11.3 Å². The number of carbonyl (C=O) groups excluding carboxylic acids is 1. The van der Waals surface area contributed by atoms with Gasteiger partial charge in [-0.05, 0) is 43.5 Å². The van der Waals surface area contributed by atoms with Crippen molar-refractivity contribution < 1.29 is 9.18 Å². The number of fused-ring (bicyclic) bond motifs is 1. The van der Waals surface area contributed by atoms with Gasteiger partial charge in [-0.15, -0.1) is 0 Å². The average Bonchev–Trinajstić information content (AvgIpc) is 3.22. The van der Waals surface area contributed by atoms with Crippen LogP contribution < -0.4 is 5.32 Å². The molecule has 4 heteroatoms. The molecule has 20 heavy (non-hydrogen) atoms. The summed E-state index contributed by atoms with van der Waals surface area (Å²) >= 11 is 0. The van der Waals surface area contributed by atoms with Gasteiger partial charge in [0, 0.05) is 22.5 Å². The third-order valence-electron chi connectivity index (χ3n) is 3.36. The highest BCUT2D eigenvalue weighted by Crippen LogP contribution is 2.28.